The van der Waals surface area contributed by atoms with Crippen LogP contribution in [0.5, 0.6) is 0 Å². The number of anilines is 3. The van der Waals surface area contributed by atoms with Gasteiger partial charge in [0, 0.05) is 33.7 Å². The first-order valence-corrected chi connectivity index (χ1v) is 25.1. The number of hydrogen-bond acceptors (Lipinski definition) is 1. The van der Waals surface area contributed by atoms with Crippen molar-refractivity contribution in [2.45, 2.75) is 72.1 Å². The molecule has 1 unspecified atom stereocenters. The Morgan fingerprint density at radius 2 is 1.22 bits per heavy atom. The van der Waals surface area contributed by atoms with E-state index in [1.54, 1.807) is 5.57 Å². The molecule has 0 aliphatic heterocycles. The highest BCUT2D eigenvalue weighted by Gasteiger charge is 2.26. The van der Waals surface area contributed by atoms with Crippen molar-refractivity contribution < 1.29 is 0 Å². The summed E-state index contributed by atoms with van der Waals surface area (Å²) in [7, 11) is 0. The second kappa shape index (κ2) is 17.8. The first-order valence-electron chi connectivity index (χ1n) is 25.1. The van der Waals surface area contributed by atoms with Crippen molar-refractivity contribution in [1.82, 2.24) is 4.57 Å². The van der Waals surface area contributed by atoms with Crippen molar-refractivity contribution in [2.24, 2.45) is 0 Å². The quantitative estimate of drug-likeness (QED) is 0.133. The Balaban J connectivity index is 1.01. The minimum absolute atomic E-state index is 0.396. The maximum absolute atomic E-state index is 2.50. The summed E-state index contributed by atoms with van der Waals surface area (Å²) in [6, 6.07) is 66.3. The van der Waals surface area contributed by atoms with Crippen LogP contribution in [-0.2, 0) is 12.8 Å². The van der Waals surface area contributed by atoms with Gasteiger partial charge in [-0.15, -0.1) is 0 Å². The summed E-state index contributed by atoms with van der Waals surface area (Å²) in [5.74, 6) is 0.396. The molecule has 0 fully saturated rings. The predicted octanol–water partition coefficient (Wildman–Crippen LogP) is 18.5. The fourth-order valence-corrected chi connectivity index (χ4v) is 11.6. The number of rotatable bonds is 10. The van der Waals surface area contributed by atoms with Gasteiger partial charge >= 0.3 is 0 Å². The van der Waals surface area contributed by atoms with Crippen LogP contribution in [0.15, 0.2) is 200 Å². The average molecular weight is 891 g/mol. The van der Waals surface area contributed by atoms with Gasteiger partial charge in [0.25, 0.3) is 0 Å². The van der Waals surface area contributed by atoms with Crippen LogP contribution in [-0.4, -0.2) is 4.57 Å². The van der Waals surface area contributed by atoms with E-state index in [4.69, 9.17) is 0 Å². The Morgan fingerprint density at radius 1 is 0.565 bits per heavy atom. The molecular formula is C67H58N2. The van der Waals surface area contributed by atoms with Gasteiger partial charge in [0.05, 0.1) is 11.2 Å². The van der Waals surface area contributed by atoms with Gasteiger partial charge in [-0.3, -0.25) is 0 Å². The standard InChI is InChI=1S/C67H58N2/c1-5-44(2)56-21-13-14-25-62(56)67-46(4)58(57-22-11-9-17-45(57)3)39-40-65(67)68(54-34-29-47(30-35-54)49-27-28-52-41-51-18-10-12-23-59(51)63(52)42-49)55-36-31-48(32-37-55)50-33-38-61-60-24-15-16-26-64(60)69(66(61)43-50)53-19-7-6-8-20-53/h6-9,11-14,16-17,19-23,25-40,42-44H,5,10,15,18,24,41H2,1-4H3. The number of aromatic nitrogens is 1. The molecule has 0 saturated carbocycles. The summed E-state index contributed by atoms with van der Waals surface area (Å²) in [5.41, 5.74) is 28.5. The van der Waals surface area contributed by atoms with E-state index in [0.29, 0.717) is 5.92 Å². The molecular weight excluding hydrogens is 833 g/mol. The van der Waals surface area contributed by atoms with Crippen LogP contribution in [0, 0.1) is 13.8 Å². The van der Waals surface area contributed by atoms with Crippen LogP contribution in [0.25, 0.3) is 72.7 Å². The number of aryl methyl sites for hydroxylation is 2. The zero-order valence-corrected chi connectivity index (χ0v) is 40.3. The largest absolute Gasteiger partial charge is 0.310 e. The van der Waals surface area contributed by atoms with Crippen molar-refractivity contribution in [3.8, 4) is 50.2 Å². The summed E-state index contributed by atoms with van der Waals surface area (Å²) >= 11 is 0. The second-order valence-corrected chi connectivity index (χ2v) is 19.5. The first kappa shape index (κ1) is 42.7. The maximum atomic E-state index is 2.50. The first-order chi connectivity index (χ1) is 33.9. The molecule has 3 aliphatic carbocycles. The summed E-state index contributed by atoms with van der Waals surface area (Å²) in [5, 5.41) is 1.34. The van der Waals surface area contributed by atoms with E-state index < -0.39 is 0 Å². The molecule has 336 valence electrons. The molecule has 0 amide bonds. The summed E-state index contributed by atoms with van der Waals surface area (Å²) in [6.07, 6.45) is 15.9. The van der Waals surface area contributed by atoms with Crippen LogP contribution in [0.4, 0.5) is 17.1 Å². The Hall–Kier alpha value is -7.68. The van der Waals surface area contributed by atoms with Crippen LogP contribution in [0.2, 0.25) is 0 Å². The van der Waals surface area contributed by atoms with Crippen molar-refractivity contribution in [3.63, 3.8) is 0 Å². The van der Waals surface area contributed by atoms with Crippen molar-refractivity contribution in [3.05, 3.63) is 239 Å². The van der Waals surface area contributed by atoms with E-state index >= 15 is 0 Å². The zero-order valence-electron chi connectivity index (χ0n) is 40.3. The maximum Gasteiger partial charge on any atom is 0.0543 e. The van der Waals surface area contributed by atoms with Gasteiger partial charge in [-0.2, -0.15) is 0 Å². The Morgan fingerprint density at radius 3 is 1.97 bits per heavy atom. The number of hydrogen-bond donors (Lipinski definition) is 0. The van der Waals surface area contributed by atoms with E-state index in [1.165, 1.54) is 118 Å². The molecule has 1 atom stereocenters. The topological polar surface area (TPSA) is 8.17 Å². The molecule has 8 aromatic carbocycles. The lowest BCUT2D eigenvalue weighted by Crippen LogP contribution is -2.13. The van der Waals surface area contributed by atoms with E-state index in [9.17, 15) is 0 Å². The average Bonchev–Trinajstić information content (AvgIpc) is 3.95. The van der Waals surface area contributed by atoms with Crippen molar-refractivity contribution in [1.29, 1.82) is 0 Å². The minimum atomic E-state index is 0.396. The van der Waals surface area contributed by atoms with Crippen molar-refractivity contribution in [2.75, 3.05) is 4.90 Å². The number of benzene rings is 8. The normalized spacial score (nSPS) is 14.2. The molecule has 0 N–H and O–H groups in total. The molecule has 0 radical (unpaired) electrons. The highest BCUT2D eigenvalue weighted by atomic mass is 15.1. The zero-order chi connectivity index (χ0) is 46.6. The highest BCUT2D eigenvalue weighted by molar-refractivity contribution is 5.97. The monoisotopic (exact) mass is 890 g/mol. The molecule has 9 aromatic rings. The van der Waals surface area contributed by atoms with E-state index in [0.717, 1.165) is 43.5 Å². The predicted molar refractivity (Wildman–Crippen MR) is 294 cm³/mol. The van der Waals surface area contributed by atoms with Crippen LogP contribution >= 0.6 is 0 Å². The van der Waals surface area contributed by atoms with Crippen LogP contribution in [0.1, 0.15) is 84.5 Å². The number of nitrogens with zero attached hydrogens (tertiary/aromatic N) is 2. The molecule has 12 rings (SSSR count). The number of allylic oxidation sites excluding steroid dienone is 5. The fourth-order valence-electron chi connectivity index (χ4n) is 11.6. The molecule has 0 saturated heterocycles. The molecule has 1 aromatic heterocycles. The van der Waals surface area contributed by atoms with Gasteiger partial charge < -0.3 is 9.47 Å². The summed E-state index contributed by atoms with van der Waals surface area (Å²) < 4.78 is 2.45. The van der Waals surface area contributed by atoms with Gasteiger partial charge in [-0.05, 0) is 197 Å². The number of para-hydroxylation sites is 1. The van der Waals surface area contributed by atoms with Gasteiger partial charge in [-0.1, -0.05) is 159 Å². The molecule has 0 bridgehead atoms. The summed E-state index contributed by atoms with van der Waals surface area (Å²) in [6.45, 7) is 9.24. The third-order valence-corrected chi connectivity index (χ3v) is 15.5. The third-order valence-electron chi connectivity index (χ3n) is 15.5. The van der Waals surface area contributed by atoms with Gasteiger partial charge in [-0.25, -0.2) is 0 Å². The molecule has 0 spiro atoms. The Kier molecular flexibility index (Phi) is 11.0. The number of fused-ring (bicyclic) bond motifs is 5. The fraction of sp³-hybridized carbons (Fsp3) is 0.164. The van der Waals surface area contributed by atoms with Gasteiger partial charge in [0.15, 0.2) is 0 Å². The van der Waals surface area contributed by atoms with E-state index in [2.05, 4.69) is 237 Å². The second-order valence-electron chi connectivity index (χ2n) is 19.5. The van der Waals surface area contributed by atoms with Crippen LogP contribution < -0.4 is 4.90 Å². The molecule has 2 nitrogen and oxygen atoms in total. The van der Waals surface area contributed by atoms with Crippen LogP contribution in [0.3, 0.4) is 0 Å². The molecule has 69 heavy (non-hydrogen) atoms. The molecule has 2 heteroatoms. The summed E-state index contributed by atoms with van der Waals surface area (Å²) in [4.78, 5) is 2.50. The smallest absolute Gasteiger partial charge is 0.0543 e. The lowest BCUT2D eigenvalue weighted by atomic mass is 9.84. The SMILES string of the molecule is CCC(C)c1ccccc1-c1c(N(c2ccc(-c3ccc4c(c3)C3=C(CCC=C3)C4)cc2)c2ccc(-c3ccc4c5c(n(-c6ccccc6)c4c3)C=CCC5)cc2)ccc(-c2ccccc2C)c1C. The minimum Gasteiger partial charge on any atom is -0.310 e. The molecule has 3 aliphatic rings. The Bertz CT molecular complexity index is 3520. The molecule has 1 heterocycles. The van der Waals surface area contributed by atoms with E-state index in [1.807, 2.05) is 0 Å². The van der Waals surface area contributed by atoms with Gasteiger partial charge in [0.1, 0.15) is 0 Å². The lowest BCUT2D eigenvalue weighted by Gasteiger charge is -2.31. The third kappa shape index (κ3) is 7.51. The highest BCUT2D eigenvalue weighted by Crippen LogP contribution is 2.49. The van der Waals surface area contributed by atoms with Gasteiger partial charge in [0.2, 0.25) is 0 Å². The lowest BCUT2D eigenvalue weighted by molar-refractivity contribution is 0.735. The van der Waals surface area contributed by atoms with Crippen molar-refractivity contribution >= 4 is 39.6 Å². The Labute approximate surface area is 408 Å². The van der Waals surface area contributed by atoms with E-state index in [-0.39, 0.29) is 0 Å².